The quantitative estimate of drug-likeness (QED) is 0.362. The molecule has 0 spiro atoms. The van der Waals surface area contributed by atoms with Gasteiger partial charge in [0.25, 0.3) is 0 Å². The Labute approximate surface area is 106 Å². The lowest BCUT2D eigenvalue weighted by atomic mass is 10.1. The van der Waals surface area contributed by atoms with E-state index >= 15 is 0 Å². The van der Waals surface area contributed by atoms with E-state index < -0.39 is 24.5 Å². The molecule has 0 bridgehead atoms. The molecule has 1 unspecified atom stereocenters. The minimum absolute atomic E-state index is 0.298. The molecule has 0 saturated carbocycles. The number of nitrogens with two attached hydrogens (primary N) is 1. The molecule has 3 N–H and O–H groups in total. The fourth-order valence-corrected chi connectivity index (χ4v) is 1.55. The van der Waals surface area contributed by atoms with Gasteiger partial charge in [0, 0.05) is 6.61 Å². The molecule has 6 heteroatoms. The first-order valence-electron chi connectivity index (χ1n) is 6.38. The molecule has 0 rings (SSSR count). The third kappa shape index (κ3) is 8.33. The van der Waals surface area contributed by atoms with Crippen LogP contribution < -0.4 is 5.73 Å². The van der Waals surface area contributed by atoms with Crippen LogP contribution in [0.4, 0.5) is 13.2 Å². The van der Waals surface area contributed by atoms with Gasteiger partial charge >= 0.3 is 6.18 Å². The van der Waals surface area contributed by atoms with Crippen LogP contribution in [0.3, 0.4) is 0 Å². The van der Waals surface area contributed by atoms with Gasteiger partial charge < -0.3 is 10.5 Å². The minimum Gasteiger partial charge on any atom is -0.387 e. The second-order valence-electron chi connectivity index (χ2n) is 4.39. The normalized spacial score (nSPS) is 13.6. The molecular formula is C12H23F3N2O. The first-order valence-corrected chi connectivity index (χ1v) is 6.38. The maximum atomic E-state index is 12.4. The highest BCUT2D eigenvalue weighted by Gasteiger charge is 2.41. The van der Waals surface area contributed by atoms with E-state index in [1.165, 1.54) is 12.8 Å². The molecule has 0 heterocycles. The highest BCUT2D eigenvalue weighted by molar-refractivity contribution is 5.80. The Bertz CT molecular complexity index is 232. The number of rotatable bonds is 10. The maximum Gasteiger partial charge on any atom is 0.400 e. The van der Waals surface area contributed by atoms with Gasteiger partial charge in [-0.05, 0) is 6.42 Å². The third-order valence-electron chi connectivity index (χ3n) is 2.70. The Kier molecular flexibility index (Phi) is 8.79. The topological polar surface area (TPSA) is 59.1 Å². The number of ether oxygens (including phenoxy) is 1. The van der Waals surface area contributed by atoms with Gasteiger partial charge in [0.2, 0.25) is 0 Å². The zero-order chi connectivity index (χ0) is 14.0. The highest BCUT2D eigenvalue weighted by atomic mass is 19.4. The van der Waals surface area contributed by atoms with Crippen LogP contribution in [0, 0.1) is 11.3 Å². The fourth-order valence-electron chi connectivity index (χ4n) is 1.55. The van der Waals surface area contributed by atoms with E-state index in [4.69, 9.17) is 15.9 Å². The fraction of sp³-hybridized carbons (Fsp3) is 0.917. The molecule has 0 aromatic heterocycles. The van der Waals surface area contributed by atoms with E-state index in [0.717, 1.165) is 25.7 Å². The lowest BCUT2D eigenvalue weighted by molar-refractivity contribution is -0.168. The van der Waals surface area contributed by atoms with Crippen molar-refractivity contribution in [2.75, 3.05) is 13.2 Å². The standard InChI is InChI=1S/C12H23F3N2O/c1-2-3-4-5-6-7-8-18-9-10(11(16)17)12(13,14)15/h10H,2-9H2,1H3,(H3,16,17). The molecule has 1 atom stereocenters. The SMILES string of the molecule is CCCCCCCCOCC(C(=N)N)C(F)(F)F. The summed E-state index contributed by atoms with van der Waals surface area (Å²) in [6.45, 7) is 1.88. The van der Waals surface area contributed by atoms with E-state index in [9.17, 15) is 13.2 Å². The van der Waals surface area contributed by atoms with Gasteiger partial charge in [-0.2, -0.15) is 13.2 Å². The average molecular weight is 268 g/mol. The van der Waals surface area contributed by atoms with Crippen LogP contribution in [0.15, 0.2) is 0 Å². The first kappa shape index (κ1) is 17.2. The van der Waals surface area contributed by atoms with Gasteiger partial charge in [-0.15, -0.1) is 0 Å². The predicted molar refractivity (Wildman–Crippen MR) is 65.7 cm³/mol. The number of hydrogen-bond donors (Lipinski definition) is 2. The summed E-state index contributed by atoms with van der Waals surface area (Å²) in [5.41, 5.74) is 4.90. The van der Waals surface area contributed by atoms with Crippen molar-refractivity contribution in [1.82, 2.24) is 0 Å². The lowest BCUT2D eigenvalue weighted by Gasteiger charge is -2.18. The maximum absolute atomic E-state index is 12.4. The number of halogens is 3. The van der Waals surface area contributed by atoms with Crippen LogP contribution in [-0.4, -0.2) is 25.2 Å². The molecule has 3 nitrogen and oxygen atoms in total. The van der Waals surface area contributed by atoms with Gasteiger partial charge in [0.05, 0.1) is 6.61 Å². The van der Waals surface area contributed by atoms with Crippen molar-refractivity contribution in [3.8, 4) is 0 Å². The molecule has 0 aromatic rings. The second-order valence-corrected chi connectivity index (χ2v) is 4.39. The summed E-state index contributed by atoms with van der Waals surface area (Å²) in [6, 6.07) is 0. The number of unbranched alkanes of at least 4 members (excludes halogenated alkanes) is 5. The molecule has 0 fully saturated rings. The summed E-state index contributed by atoms with van der Waals surface area (Å²) in [5, 5.41) is 6.88. The molecule has 0 saturated heterocycles. The van der Waals surface area contributed by atoms with Crippen LogP contribution in [0.1, 0.15) is 45.4 Å². The number of alkyl halides is 3. The number of amidine groups is 1. The van der Waals surface area contributed by atoms with Crippen LogP contribution >= 0.6 is 0 Å². The number of hydrogen-bond acceptors (Lipinski definition) is 2. The largest absolute Gasteiger partial charge is 0.400 e. The summed E-state index contributed by atoms with van der Waals surface area (Å²) < 4.78 is 42.1. The Balaban J connectivity index is 3.60. The van der Waals surface area contributed by atoms with Crippen molar-refractivity contribution < 1.29 is 17.9 Å². The summed E-state index contributed by atoms with van der Waals surface area (Å²) >= 11 is 0. The Hall–Kier alpha value is -0.780. The van der Waals surface area contributed by atoms with Gasteiger partial charge in [-0.1, -0.05) is 39.0 Å². The highest BCUT2D eigenvalue weighted by Crippen LogP contribution is 2.26. The Morgan fingerprint density at radius 3 is 2.22 bits per heavy atom. The minimum atomic E-state index is -4.49. The zero-order valence-electron chi connectivity index (χ0n) is 10.9. The Morgan fingerprint density at radius 2 is 1.72 bits per heavy atom. The molecule has 0 radical (unpaired) electrons. The molecular weight excluding hydrogens is 245 g/mol. The molecule has 0 aliphatic carbocycles. The van der Waals surface area contributed by atoms with Crippen molar-refractivity contribution in [1.29, 1.82) is 5.41 Å². The van der Waals surface area contributed by atoms with Crippen LogP contribution in [0.2, 0.25) is 0 Å². The second kappa shape index (κ2) is 9.19. The van der Waals surface area contributed by atoms with Crippen molar-refractivity contribution in [3.05, 3.63) is 0 Å². The monoisotopic (exact) mass is 268 g/mol. The van der Waals surface area contributed by atoms with E-state index in [2.05, 4.69) is 6.92 Å². The summed E-state index contributed by atoms with van der Waals surface area (Å²) in [6.07, 6.45) is 1.85. The van der Waals surface area contributed by atoms with E-state index in [-0.39, 0.29) is 0 Å². The zero-order valence-corrected chi connectivity index (χ0v) is 10.9. The molecule has 108 valence electrons. The van der Waals surface area contributed by atoms with Crippen LogP contribution in [0.25, 0.3) is 0 Å². The molecule has 0 amide bonds. The van der Waals surface area contributed by atoms with E-state index in [0.29, 0.717) is 6.61 Å². The van der Waals surface area contributed by atoms with Crippen LogP contribution in [0.5, 0.6) is 0 Å². The van der Waals surface area contributed by atoms with Gasteiger partial charge in [0.1, 0.15) is 11.8 Å². The van der Waals surface area contributed by atoms with Gasteiger partial charge in [-0.3, -0.25) is 5.41 Å². The summed E-state index contributed by atoms with van der Waals surface area (Å²) in [7, 11) is 0. The van der Waals surface area contributed by atoms with E-state index in [1.54, 1.807) is 0 Å². The average Bonchev–Trinajstić information content (AvgIpc) is 2.24. The van der Waals surface area contributed by atoms with Gasteiger partial charge in [0.15, 0.2) is 0 Å². The van der Waals surface area contributed by atoms with E-state index in [1.807, 2.05) is 0 Å². The van der Waals surface area contributed by atoms with Gasteiger partial charge in [-0.25, -0.2) is 0 Å². The Morgan fingerprint density at radius 1 is 1.17 bits per heavy atom. The molecule has 0 aliphatic heterocycles. The van der Waals surface area contributed by atoms with Crippen molar-refractivity contribution in [2.45, 2.75) is 51.6 Å². The molecule has 18 heavy (non-hydrogen) atoms. The summed E-state index contributed by atoms with van der Waals surface area (Å²) in [5.74, 6) is -2.86. The number of nitrogens with one attached hydrogen (secondary N) is 1. The first-order chi connectivity index (χ1) is 8.39. The third-order valence-corrected chi connectivity index (χ3v) is 2.70. The van der Waals surface area contributed by atoms with Crippen molar-refractivity contribution in [2.24, 2.45) is 11.7 Å². The van der Waals surface area contributed by atoms with Crippen LogP contribution in [-0.2, 0) is 4.74 Å². The lowest BCUT2D eigenvalue weighted by Crippen LogP contribution is -2.38. The molecule has 0 aliphatic rings. The predicted octanol–water partition coefficient (Wildman–Crippen LogP) is 3.48. The van der Waals surface area contributed by atoms with Crippen molar-refractivity contribution in [3.63, 3.8) is 0 Å². The summed E-state index contributed by atoms with van der Waals surface area (Å²) in [4.78, 5) is 0. The smallest absolute Gasteiger partial charge is 0.387 e. The van der Waals surface area contributed by atoms with Crippen molar-refractivity contribution >= 4 is 5.84 Å². The molecule has 0 aromatic carbocycles.